The molecule has 1 aromatic rings. The summed E-state index contributed by atoms with van der Waals surface area (Å²) in [6.07, 6.45) is 7.14. The van der Waals surface area contributed by atoms with Crippen LogP contribution in [0.5, 0.6) is 0 Å². The van der Waals surface area contributed by atoms with Gasteiger partial charge in [-0.25, -0.2) is 4.98 Å². The van der Waals surface area contributed by atoms with Crippen LogP contribution in [-0.4, -0.2) is 29.0 Å². The normalized spacial score (nSPS) is 22.3. The number of nitrogens with one attached hydrogen (secondary N) is 2. The zero-order chi connectivity index (χ0) is 15.5. The Morgan fingerprint density at radius 1 is 1.33 bits per heavy atom. The SMILES string of the molecule is CC(C)=C[C@H]1[C@H](C(=O)NCCNc2cnccn2)C1(C)C. The molecule has 1 saturated carbocycles. The van der Waals surface area contributed by atoms with Crippen molar-refractivity contribution in [2.24, 2.45) is 17.3 Å². The van der Waals surface area contributed by atoms with Crippen LogP contribution in [0.1, 0.15) is 27.7 Å². The van der Waals surface area contributed by atoms with Gasteiger partial charge in [-0.1, -0.05) is 25.5 Å². The van der Waals surface area contributed by atoms with E-state index in [4.69, 9.17) is 0 Å². The van der Waals surface area contributed by atoms with Gasteiger partial charge in [-0.05, 0) is 25.2 Å². The molecule has 0 unspecified atom stereocenters. The fourth-order valence-electron chi connectivity index (χ4n) is 2.73. The summed E-state index contributed by atoms with van der Waals surface area (Å²) in [6.45, 7) is 9.69. The molecule has 0 saturated heterocycles. The maximum Gasteiger partial charge on any atom is 0.224 e. The number of anilines is 1. The fourth-order valence-corrected chi connectivity index (χ4v) is 2.73. The Labute approximate surface area is 126 Å². The van der Waals surface area contributed by atoms with Crippen LogP contribution in [0.15, 0.2) is 30.2 Å². The van der Waals surface area contributed by atoms with Crippen molar-refractivity contribution in [2.75, 3.05) is 18.4 Å². The number of rotatable bonds is 6. The molecule has 0 aliphatic heterocycles. The summed E-state index contributed by atoms with van der Waals surface area (Å²) >= 11 is 0. The van der Waals surface area contributed by atoms with E-state index in [0.29, 0.717) is 19.0 Å². The molecule has 1 amide bonds. The van der Waals surface area contributed by atoms with E-state index in [1.807, 2.05) is 0 Å². The Morgan fingerprint density at radius 2 is 2.10 bits per heavy atom. The van der Waals surface area contributed by atoms with Crippen LogP contribution in [0.25, 0.3) is 0 Å². The third kappa shape index (κ3) is 3.80. The van der Waals surface area contributed by atoms with Gasteiger partial charge in [0.1, 0.15) is 5.82 Å². The molecule has 1 fully saturated rings. The minimum atomic E-state index is 0.0691. The van der Waals surface area contributed by atoms with Gasteiger partial charge in [0, 0.05) is 25.5 Å². The molecule has 21 heavy (non-hydrogen) atoms. The molecule has 2 rings (SSSR count). The van der Waals surface area contributed by atoms with Gasteiger partial charge >= 0.3 is 0 Å². The quantitative estimate of drug-likeness (QED) is 0.622. The van der Waals surface area contributed by atoms with Crippen molar-refractivity contribution < 1.29 is 4.79 Å². The first kappa shape index (κ1) is 15.5. The fraction of sp³-hybridized carbons (Fsp3) is 0.562. The molecule has 1 aromatic heterocycles. The number of hydrogen-bond donors (Lipinski definition) is 2. The van der Waals surface area contributed by atoms with Crippen LogP contribution in [0.3, 0.4) is 0 Å². The molecule has 1 aliphatic carbocycles. The van der Waals surface area contributed by atoms with Crippen molar-refractivity contribution in [1.29, 1.82) is 0 Å². The summed E-state index contributed by atoms with van der Waals surface area (Å²) in [7, 11) is 0. The maximum absolute atomic E-state index is 12.2. The highest BCUT2D eigenvalue weighted by Crippen LogP contribution is 2.59. The number of aromatic nitrogens is 2. The van der Waals surface area contributed by atoms with E-state index in [0.717, 1.165) is 5.82 Å². The highest BCUT2D eigenvalue weighted by Gasteiger charge is 2.60. The monoisotopic (exact) mass is 288 g/mol. The molecule has 5 heteroatoms. The van der Waals surface area contributed by atoms with Gasteiger partial charge < -0.3 is 10.6 Å². The number of carbonyl (C=O) groups excluding carboxylic acids is 1. The average Bonchev–Trinajstić information content (AvgIpc) is 2.96. The summed E-state index contributed by atoms with van der Waals surface area (Å²) < 4.78 is 0. The van der Waals surface area contributed by atoms with Crippen LogP contribution in [0, 0.1) is 17.3 Å². The molecule has 0 aromatic carbocycles. The first-order valence-corrected chi connectivity index (χ1v) is 7.35. The van der Waals surface area contributed by atoms with E-state index < -0.39 is 0 Å². The van der Waals surface area contributed by atoms with Gasteiger partial charge in [-0.3, -0.25) is 9.78 Å². The van der Waals surface area contributed by atoms with Gasteiger partial charge in [0.05, 0.1) is 12.1 Å². The van der Waals surface area contributed by atoms with E-state index in [-0.39, 0.29) is 17.2 Å². The lowest BCUT2D eigenvalue weighted by Crippen LogP contribution is -2.31. The van der Waals surface area contributed by atoms with E-state index in [1.165, 1.54) is 5.57 Å². The Morgan fingerprint density at radius 3 is 2.71 bits per heavy atom. The van der Waals surface area contributed by atoms with Crippen LogP contribution in [0.4, 0.5) is 5.82 Å². The highest BCUT2D eigenvalue weighted by molar-refractivity contribution is 5.83. The van der Waals surface area contributed by atoms with E-state index >= 15 is 0 Å². The zero-order valence-corrected chi connectivity index (χ0v) is 13.2. The summed E-state index contributed by atoms with van der Waals surface area (Å²) in [5.41, 5.74) is 1.34. The summed E-state index contributed by atoms with van der Waals surface area (Å²) in [5, 5.41) is 6.12. The van der Waals surface area contributed by atoms with Gasteiger partial charge in [0.2, 0.25) is 5.91 Å². The molecule has 1 aliphatic rings. The topological polar surface area (TPSA) is 66.9 Å². The number of hydrogen-bond acceptors (Lipinski definition) is 4. The number of amides is 1. The Hall–Kier alpha value is -1.91. The highest BCUT2D eigenvalue weighted by atomic mass is 16.2. The Balaban J connectivity index is 1.74. The van der Waals surface area contributed by atoms with Crippen molar-refractivity contribution >= 4 is 11.7 Å². The molecular formula is C16H24N4O. The molecular weight excluding hydrogens is 264 g/mol. The van der Waals surface area contributed by atoms with Gasteiger partial charge in [-0.2, -0.15) is 0 Å². The predicted octanol–water partition coefficient (Wildman–Crippen LogP) is 2.24. The molecule has 114 valence electrons. The minimum Gasteiger partial charge on any atom is -0.367 e. The molecule has 0 bridgehead atoms. The van der Waals surface area contributed by atoms with E-state index in [9.17, 15) is 4.79 Å². The molecule has 0 spiro atoms. The second-order valence-electron chi connectivity index (χ2n) is 6.38. The van der Waals surface area contributed by atoms with Crippen LogP contribution < -0.4 is 10.6 Å². The smallest absolute Gasteiger partial charge is 0.224 e. The molecule has 0 radical (unpaired) electrons. The number of nitrogens with zero attached hydrogens (tertiary/aromatic N) is 2. The summed E-state index contributed by atoms with van der Waals surface area (Å²) in [4.78, 5) is 20.3. The second kappa shape index (κ2) is 6.24. The largest absolute Gasteiger partial charge is 0.367 e. The third-order valence-corrected chi connectivity index (χ3v) is 4.00. The van der Waals surface area contributed by atoms with Gasteiger partial charge in [0.15, 0.2) is 0 Å². The van der Waals surface area contributed by atoms with Crippen molar-refractivity contribution in [1.82, 2.24) is 15.3 Å². The molecule has 2 N–H and O–H groups in total. The van der Waals surface area contributed by atoms with Crippen molar-refractivity contribution in [3.05, 3.63) is 30.2 Å². The van der Waals surface area contributed by atoms with Crippen LogP contribution in [0.2, 0.25) is 0 Å². The zero-order valence-electron chi connectivity index (χ0n) is 13.2. The number of carbonyl (C=O) groups is 1. The summed E-state index contributed by atoms with van der Waals surface area (Å²) in [5.74, 6) is 1.31. The Kier molecular flexibility index (Phi) is 4.60. The van der Waals surface area contributed by atoms with E-state index in [1.54, 1.807) is 18.6 Å². The standard InChI is InChI=1S/C16H24N4O/c1-11(2)9-12-14(16(12,3)4)15(21)20-8-7-19-13-10-17-5-6-18-13/h5-6,9-10,12,14H,7-8H2,1-4H3,(H,18,19)(H,20,21)/t12-,14+/m0/s1. The minimum absolute atomic E-state index is 0.0691. The van der Waals surface area contributed by atoms with Crippen LogP contribution in [-0.2, 0) is 4.79 Å². The molecule has 2 atom stereocenters. The van der Waals surface area contributed by atoms with Crippen molar-refractivity contribution in [3.8, 4) is 0 Å². The molecule has 1 heterocycles. The average molecular weight is 288 g/mol. The maximum atomic E-state index is 12.2. The number of allylic oxidation sites excluding steroid dienone is 2. The lowest BCUT2D eigenvalue weighted by molar-refractivity contribution is -0.123. The lowest BCUT2D eigenvalue weighted by Gasteiger charge is -2.07. The Bertz CT molecular complexity index is 520. The summed E-state index contributed by atoms with van der Waals surface area (Å²) in [6, 6.07) is 0. The first-order valence-electron chi connectivity index (χ1n) is 7.35. The predicted molar refractivity (Wildman–Crippen MR) is 83.7 cm³/mol. The van der Waals surface area contributed by atoms with E-state index in [2.05, 4.69) is 54.4 Å². The molecule has 5 nitrogen and oxygen atoms in total. The van der Waals surface area contributed by atoms with Gasteiger partial charge in [-0.15, -0.1) is 0 Å². The second-order valence-corrected chi connectivity index (χ2v) is 6.38. The van der Waals surface area contributed by atoms with Crippen LogP contribution >= 0.6 is 0 Å². The van der Waals surface area contributed by atoms with Crippen molar-refractivity contribution in [2.45, 2.75) is 27.7 Å². The van der Waals surface area contributed by atoms with Crippen molar-refractivity contribution in [3.63, 3.8) is 0 Å². The lowest BCUT2D eigenvalue weighted by atomic mass is 10.1. The third-order valence-electron chi connectivity index (χ3n) is 4.00. The first-order chi connectivity index (χ1) is 9.93. The van der Waals surface area contributed by atoms with Gasteiger partial charge in [0.25, 0.3) is 0 Å².